The fraction of sp³-hybridized carbons (Fsp3) is 0.364. The predicted octanol–water partition coefficient (Wildman–Crippen LogP) is 1.06. The third-order valence-corrected chi connectivity index (χ3v) is 2.48. The average Bonchev–Trinajstić information content (AvgIpc) is 2.74. The molecule has 0 aliphatic carbocycles. The minimum absolute atomic E-state index is 0.204. The smallest absolute Gasteiger partial charge is 0.125 e. The van der Waals surface area contributed by atoms with Gasteiger partial charge in [-0.15, -0.1) is 0 Å². The lowest BCUT2D eigenvalue weighted by Crippen LogP contribution is -2.21. The molecule has 0 saturated carbocycles. The van der Waals surface area contributed by atoms with Crippen LogP contribution in [0.2, 0.25) is 0 Å². The number of nitrogens with zero attached hydrogens (tertiary/aromatic N) is 4. The standard InChI is InChI=1S/C11H15N5/c1-9(11-13-5-6-16(11)2)14-7-10-3-4-12-8-15-10/h3-6,8-9,14H,7H2,1-2H3. The molecule has 0 aliphatic heterocycles. The summed E-state index contributed by atoms with van der Waals surface area (Å²) in [5.41, 5.74) is 0.982. The normalized spacial score (nSPS) is 12.6. The second kappa shape index (κ2) is 4.85. The largest absolute Gasteiger partial charge is 0.337 e. The summed E-state index contributed by atoms with van der Waals surface area (Å²) in [7, 11) is 1.99. The summed E-state index contributed by atoms with van der Waals surface area (Å²) in [5.74, 6) is 1.02. The molecule has 0 radical (unpaired) electrons. The Morgan fingerprint density at radius 1 is 1.38 bits per heavy atom. The Bertz CT molecular complexity index is 437. The molecule has 5 heteroatoms. The SMILES string of the molecule is CC(NCc1ccncn1)c1nccn1C. The lowest BCUT2D eigenvalue weighted by atomic mass is 10.3. The maximum Gasteiger partial charge on any atom is 0.125 e. The van der Waals surface area contributed by atoms with Crippen LogP contribution in [0.5, 0.6) is 0 Å². The Labute approximate surface area is 94.6 Å². The van der Waals surface area contributed by atoms with Crippen LogP contribution in [-0.2, 0) is 13.6 Å². The van der Waals surface area contributed by atoms with E-state index in [4.69, 9.17) is 0 Å². The Balaban J connectivity index is 1.94. The fourth-order valence-electron chi connectivity index (χ4n) is 1.57. The van der Waals surface area contributed by atoms with Crippen molar-refractivity contribution < 1.29 is 0 Å². The Morgan fingerprint density at radius 2 is 2.25 bits per heavy atom. The molecule has 5 nitrogen and oxygen atoms in total. The van der Waals surface area contributed by atoms with E-state index in [1.807, 2.05) is 23.9 Å². The maximum atomic E-state index is 4.30. The van der Waals surface area contributed by atoms with Gasteiger partial charge in [-0.3, -0.25) is 0 Å². The van der Waals surface area contributed by atoms with Crippen LogP contribution in [0.15, 0.2) is 31.0 Å². The molecule has 0 fully saturated rings. The molecule has 0 aliphatic rings. The molecule has 0 aromatic carbocycles. The highest BCUT2D eigenvalue weighted by Crippen LogP contribution is 2.08. The van der Waals surface area contributed by atoms with E-state index >= 15 is 0 Å². The van der Waals surface area contributed by atoms with E-state index in [1.165, 1.54) is 0 Å². The van der Waals surface area contributed by atoms with Crippen molar-refractivity contribution in [3.05, 3.63) is 42.5 Å². The minimum Gasteiger partial charge on any atom is -0.337 e. The Hall–Kier alpha value is -1.75. The van der Waals surface area contributed by atoms with Crippen molar-refractivity contribution in [1.29, 1.82) is 0 Å². The summed E-state index contributed by atoms with van der Waals surface area (Å²) in [4.78, 5) is 12.3. The fourth-order valence-corrected chi connectivity index (χ4v) is 1.57. The van der Waals surface area contributed by atoms with Gasteiger partial charge in [-0.1, -0.05) is 0 Å². The molecule has 2 heterocycles. The summed E-state index contributed by atoms with van der Waals surface area (Å²) in [6.07, 6.45) is 7.05. The molecule has 2 rings (SSSR count). The summed E-state index contributed by atoms with van der Waals surface area (Å²) in [6.45, 7) is 2.81. The van der Waals surface area contributed by atoms with Gasteiger partial charge in [0.25, 0.3) is 0 Å². The molecular weight excluding hydrogens is 202 g/mol. The summed E-state index contributed by atoms with van der Waals surface area (Å²) >= 11 is 0. The van der Waals surface area contributed by atoms with Gasteiger partial charge >= 0.3 is 0 Å². The first-order valence-corrected chi connectivity index (χ1v) is 5.23. The Morgan fingerprint density at radius 3 is 2.88 bits per heavy atom. The molecule has 1 N–H and O–H groups in total. The zero-order chi connectivity index (χ0) is 11.4. The maximum absolute atomic E-state index is 4.30. The average molecular weight is 217 g/mol. The highest BCUT2D eigenvalue weighted by atomic mass is 15.1. The molecule has 0 spiro atoms. The first kappa shape index (κ1) is 10.8. The van der Waals surface area contributed by atoms with Gasteiger partial charge in [-0.2, -0.15) is 0 Å². The highest BCUT2D eigenvalue weighted by Gasteiger charge is 2.09. The third kappa shape index (κ3) is 2.43. The second-order valence-corrected chi connectivity index (χ2v) is 3.70. The molecule has 0 amide bonds. The highest BCUT2D eigenvalue weighted by molar-refractivity contribution is 5.01. The molecule has 1 unspecified atom stereocenters. The van der Waals surface area contributed by atoms with E-state index in [2.05, 4.69) is 27.2 Å². The molecule has 0 saturated heterocycles. The Kier molecular flexibility index (Phi) is 3.26. The van der Waals surface area contributed by atoms with Crippen LogP contribution in [-0.4, -0.2) is 19.5 Å². The lowest BCUT2D eigenvalue weighted by molar-refractivity contribution is 0.525. The third-order valence-electron chi connectivity index (χ3n) is 2.48. The number of hydrogen-bond donors (Lipinski definition) is 1. The van der Waals surface area contributed by atoms with Crippen LogP contribution >= 0.6 is 0 Å². The summed E-state index contributed by atoms with van der Waals surface area (Å²) in [6, 6.07) is 2.10. The van der Waals surface area contributed by atoms with Crippen LogP contribution in [0, 0.1) is 0 Å². The zero-order valence-electron chi connectivity index (χ0n) is 9.46. The molecular formula is C11H15N5. The van der Waals surface area contributed by atoms with Gasteiger partial charge in [0.15, 0.2) is 0 Å². The van der Waals surface area contributed by atoms with Crippen LogP contribution in [0.4, 0.5) is 0 Å². The molecule has 1 atom stereocenters. The first-order chi connectivity index (χ1) is 7.77. The topological polar surface area (TPSA) is 55.6 Å². The van der Waals surface area contributed by atoms with Crippen molar-refractivity contribution in [3.63, 3.8) is 0 Å². The van der Waals surface area contributed by atoms with Crippen molar-refractivity contribution in [2.24, 2.45) is 7.05 Å². The van der Waals surface area contributed by atoms with E-state index < -0.39 is 0 Å². The monoisotopic (exact) mass is 217 g/mol. The lowest BCUT2D eigenvalue weighted by Gasteiger charge is -2.13. The van der Waals surface area contributed by atoms with Gasteiger partial charge in [-0.05, 0) is 13.0 Å². The number of imidazole rings is 1. The first-order valence-electron chi connectivity index (χ1n) is 5.23. The zero-order valence-corrected chi connectivity index (χ0v) is 9.46. The minimum atomic E-state index is 0.204. The van der Waals surface area contributed by atoms with Gasteiger partial charge in [0.05, 0.1) is 11.7 Å². The van der Waals surface area contributed by atoms with Gasteiger partial charge in [-0.25, -0.2) is 15.0 Å². The molecule has 84 valence electrons. The van der Waals surface area contributed by atoms with E-state index in [1.54, 1.807) is 18.7 Å². The molecule has 0 bridgehead atoms. The number of nitrogens with one attached hydrogen (secondary N) is 1. The predicted molar refractivity (Wildman–Crippen MR) is 60.5 cm³/mol. The van der Waals surface area contributed by atoms with Crippen molar-refractivity contribution in [2.75, 3.05) is 0 Å². The van der Waals surface area contributed by atoms with Crippen LogP contribution < -0.4 is 5.32 Å². The van der Waals surface area contributed by atoms with E-state index in [-0.39, 0.29) is 6.04 Å². The van der Waals surface area contributed by atoms with Gasteiger partial charge in [0, 0.05) is 32.2 Å². The quantitative estimate of drug-likeness (QED) is 0.832. The van der Waals surface area contributed by atoms with Crippen molar-refractivity contribution in [3.8, 4) is 0 Å². The van der Waals surface area contributed by atoms with E-state index in [9.17, 15) is 0 Å². The van der Waals surface area contributed by atoms with Crippen LogP contribution in [0.3, 0.4) is 0 Å². The van der Waals surface area contributed by atoms with Crippen LogP contribution in [0.1, 0.15) is 24.5 Å². The number of hydrogen-bond acceptors (Lipinski definition) is 4. The number of rotatable bonds is 4. The summed E-state index contributed by atoms with van der Waals surface area (Å²) in [5, 5.41) is 3.37. The van der Waals surface area contributed by atoms with Crippen molar-refractivity contribution in [1.82, 2.24) is 24.8 Å². The van der Waals surface area contributed by atoms with E-state index in [0.717, 1.165) is 18.1 Å². The van der Waals surface area contributed by atoms with Gasteiger partial charge in [0.1, 0.15) is 12.2 Å². The second-order valence-electron chi connectivity index (χ2n) is 3.70. The van der Waals surface area contributed by atoms with E-state index in [0.29, 0.717) is 0 Å². The van der Waals surface area contributed by atoms with Gasteiger partial charge in [0.2, 0.25) is 0 Å². The number of aromatic nitrogens is 4. The van der Waals surface area contributed by atoms with Crippen LogP contribution in [0.25, 0.3) is 0 Å². The molecule has 2 aromatic rings. The van der Waals surface area contributed by atoms with Crippen molar-refractivity contribution in [2.45, 2.75) is 19.5 Å². The number of aryl methyl sites for hydroxylation is 1. The summed E-state index contributed by atoms with van der Waals surface area (Å²) < 4.78 is 2.01. The van der Waals surface area contributed by atoms with Gasteiger partial charge < -0.3 is 9.88 Å². The van der Waals surface area contributed by atoms with Crippen molar-refractivity contribution >= 4 is 0 Å². The molecule has 2 aromatic heterocycles. The molecule has 16 heavy (non-hydrogen) atoms.